The van der Waals surface area contributed by atoms with Gasteiger partial charge in [0.15, 0.2) is 5.69 Å². The van der Waals surface area contributed by atoms with Crippen LogP contribution in [0.5, 0.6) is 0 Å². The molecule has 0 aliphatic carbocycles. The van der Waals surface area contributed by atoms with E-state index in [1.807, 2.05) is 6.07 Å². The zero-order valence-corrected chi connectivity index (χ0v) is 14.3. The molecule has 4 rings (SSSR count). The number of piperidine rings is 1. The molecule has 3 heterocycles. The molecule has 2 aromatic rings. The standard InChI is InChI=1S/C18H20N4O4/c23-16-15(19-13-4-1-2-5-14(13)20-16)17(24)21-9-6-12(7-10-21)22-8-3-11-26-18(22)25/h1-2,4-5,12H,3,6-11H2,(H,20,23). The average Bonchev–Trinajstić information content (AvgIpc) is 2.67. The van der Waals surface area contributed by atoms with Crippen LogP contribution in [0.2, 0.25) is 0 Å². The van der Waals surface area contributed by atoms with Gasteiger partial charge in [0.2, 0.25) is 0 Å². The van der Waals surface area contributed by atoms with Crippen molar-refractivity contribution in [2.24, 2.45) is 0 Å². The van der Waals surface area contributed by atoms with Crippen molar-refractivity contribution >= 4 is 23.0 Å². The summed E-state index contributed by atoms with van der Waals surface area (Å²) in [5, 5.41) is 0. The molecule has 0 bridgehead atoms. The van der Waals surface area contributed by atoms with E-state index in [0.717, 1.165) is 6.42 Å². The number of aromatic nitrogens is 2. The lowest BCUT2D eigenvalue weighted by Crippen LogP contribution is -2.51. The summed E-state index contributed by atoms with van der Waals surface area (Å²) in [6.45, 7) is 2.15. The van der Waals surface area contributed by atoms with Gasteiger partial charge in [-0.2, -0.15) is 0 Å². The largest absolute Gasteiger partial charge is 0.449 e. The van der Waals surface area contributed by atoms with Crippen LogP contribution in [-0.4, -0.2) is 64.1 Å². The van der Waals surface area contributed by atoms with E-state index in [1.165, 1.54) is 0 Å². The Kier molecular flexibility index (Phi) is 4.32. The van der Waals surface area contributed by atoms with Gasteiger partial charge in [-0.3, -0.25) is 9.59 Å². The number of nitrogens with zero attached hydrogens (tertiary/aromatic N) is 3. The number of H-pyrrole nitrogens is 1. The van der Waals surface area contributed by atoms with E-state index in [4.69, 9.17) is 4.74 Å². The molecular weight excluding hydrogens is 336 g/mol. The van der Waals surface area contributed by atoms with Crippen LogP contribution < -0.4 is 5.56 Å². The summed E-state index contributed by atoms with van der Waals surface area (Å²) < 4.78 is 5.09. The Bertz CT molecular complexity index is 901. The van der Waals surface area contributed by atoms with Crippen LogP contribution in [0.3, 0.4) is 0 Å². The van der Waals surface area contributed by atoms with E-state index in [0.29, 0.717) is 50.1 Å². The quantitative estimate of drug-likeness (QED) is 0.877. The van der Waals surface area contributed by atoms with Gasteiger partial charge in [0.1, 0.15) is 0 Å². The number of rotatable bonds is 2. The van der Waals surface area contributed by atoms with E-state index in [2.05, 4.69) is 9.97 Å². The highest BCUT2D eigenvalue weighted by atomic mass is 16.6. The number of fused-ring (bicyclic) bond motifs is 1. The first-order valence-electron chi connectivity index (χ1n) is 8.85. The van der Waals surface area contributed by atoms with Gasteiger partial charge in [0, 0.05) is 25.7 Å². The van der Waals surface area contributed by atoms with Crippen molar-refractivity contribution in [3.8, 4) is 0 Å². The smallest absolute Gasteiger partial charge is 0.410 e. The van der Waals surface area contributed by atoms with E-state index in [-0.39, 0.29) is 23.7 Å². The van der Waals surface area contributed by atoms with Crippen LogP contribution in [0.1, 0.15) is 29.8 Å². The minimum absolute atomic E-state index is 0.0784. The summed E-state index contributed by atoms with van der Waals surface area (Å²) in [7, 11) is 0. The van der Waals surface area contributed by atoms with E-state index in [9.17, 15) is 14.4 Å². The van der Waals surface area contributed by atoms with Gasteiger partial charge in [0.25, 0.3) is 11.5 Å². The molecule has 0 saturated carbocycles. The highest BCUT2D eigenvalue weighted by Gasteiger charge is 2.33. The molecule has 1 aromatic carbocycles. The lowest BCUT2D eigenvalue weighted by atomic mass is 10.0. The Labute approximate surface area is 149 Å². The summed E-state index contributed by atoms with van der Waals surface area (Å²) >= 11 is 0. The molecule has 136 valence electrons. The third kappa shape index (κ3) is 3.02. The second-order valence-corrected chi connectivity index (χ2v) is 6.62. The van der Waals surface area contributed by atoms with Gasteiger partial charge in [-0.15, -0.1) is 0 Å². The zero-order chi connectivity index (χ0) is 18.1. The van der Waals surface area contributed by atoms with E-state index < -0.39 is 5.56 Å². The minimum Gasteiger partial charge on any atom is -0.449 e. The number of hydrogen-bond acceptors (Lipinski definition) is 5. The molecule has 0 spiro atoms. The normalized spacial score (nSPS) is 18.8. The first-order valence-corrected chi connectivity index (χ1v) is 8.85. The molecule has 8 nitrogen and oxygen atoms in total. The number of likely N-dealkylation sites (tertiary alicyclic amines) is 1. The maximum Gasteiger partial charge on any atom is 0.410 e. The number of nitrogens with one attached hydrogen (secondary N) is 1. The number of ether oxygens (including phenoxy) is 1. The van der Waals surface area contributed by atoms with Gasteiger partial charge >= 0.3 is 6.09 Å². The van der Waals surface area contributed by atoms with Crippen LogP contribution in [-0.2, 0) is 4.74 Å². The fraction of sp³-hybridized carbons (Fsp3) is 0.444. The third-order valence-corrected chi connectivity index (χ3v) is 5.00. The minimum atomic E-state index is -0.476. The van der Waals surface area contributed by atoms with Crippen LogP contribution in [0.4, 0.5) is 4.79 Å². The lowest BCUT2D eigenvalue weighted by Gasteiger charge is -2.39. The first-order chi connectivity index (χ1) is 12.6. The Balaban J connectivity index is 1.48. The number of hydrogen-bond donors (Lipinski definition) is 1. The number of carbonyl (C=O) groups is 2. The molecule has 2 saturated heterocycles. The van der Waals surface area contributed by atoms with Gasteiger partial charge in [-0.05, 0) is 31.4 Å². The molecule has 2 fully saturated rings. The number of para-hydroxylation sites is 2. The molecule has 2 amide bonds. The predicted octanol–water partition coefficient (Wildman–Crippen LogP) is 1.37. The molecule has 0 radical (unpaired) electrons. The highest BCUT2D eigenvalue weighted by molar-refractivity contribution is 5.93. The number of benzene rings is 1. The Morgan fingerprint density at radius 3 is 2.69 bits per heavy atom. The fourth-order valence-electron chi connectivity index (χ4n) is 3.61. The van der Waals surface area contributed by atoms with Crippen molar-refractivity contribution < 1.29 is 14.3 Å². The first kappa shape index (κ1) is 16.6. The van der Waals surface area contributed by atoms with Crippen molar-refractivity contribution in [1.82, 2.24) is 19.8 Å². The molecule has 0 atom stereocenters. The second-order valence-electron chi connectivity index (χ2n) is 6.62. The Morgan fingerprint density at radius 2 is 1.92 bits per heavy atom. The SMILES string of the molecule is O=C(c1nc2ccccc2[nH]c1=O)N1CCC(N2CCCOC2=O)CC1. The number of amides is 2. The van der Waals surface area contributed by atoms with Gasteiger partial charge in [-0.25, -0.2) is 9.78 Å². The molecule has 8 heteroatoms. The third-order valence-electron chi connectivity index (χ3n) is 5.00. The van der Waals surface area contributed by atoms with Crippen molar-refractivity contribution in [1.29, 1.82) is 0 Å². The van der Waals surface area contributed by atoms with Crippen LogP contribution in [0.25, 0.3) is 11.0 Å². The van der Waals surface area contributed by atoms with Crippen molar-refractivity contribution in [3.63, 3.8) is 0 Å². The monoisotopic (exact) mass is 356 g/mol. The van der Waals surface area contributed by atoms with Crippen LogP contribution in [0, 0.1) is 0 Å². The van der Waals surface area contributed by atoms with E-state index in [1.54, 1.807) is 28.0 Å². The van der Waals surface area contributed by atoms with Crippen molar-refractivity contribution in [2.75, 3.05) is 26.2 Å². The lowest BCUT2D eigenvalue weighted by molar-refractivity contribution is 0.0355. The predicted molar refractivity (Wildman–Crippen MR) is 94.0 cm³/mol. The number of aromatic amines is 1. The van der Waals surface area contributed by atoms with Gasteiger partial charge in [-0.1, -0.05) is 12.1 Å². The molecular formula is C18H20N4O4. The van der Waals surface area contributed by atoms with Crippen LogP contribution >= 0.6 is 0 Å². The summed E-state index contributed by atoms with van der Waals surface area (Å²) in [6, 6.07) is 7.20. The maximum atomic E-state index is 12.7. The fourth-order valence-corrected chi connectivity index (χ4v) is 3.61. The Morgan fingerprint density at radius 1 is 1.15 bits per heavy atom. The molecule has 2 aliphatic rings. The summed E-state index contributed by atoms with van der Waals surface area (Å²) in [6.07, 6.45) is 1.91. The van der Waals surface area contributed by atoms with Crippen molar-refractivity contribution in [2.45, 2.75) is 25.3 Å². The molecule has 0 unspecified atom stereocenters. The van der Waals surface area contributed by atoms with Gasteiger partial charge < -0.3 is 19.5 Å². The topological polar surface area (TPSA) is 95.6 Å². The highest BCUT2D eigenvalue weighted by Crippen LogP contribution is 2.21. The maximum absolute atomic E-state index is 12.7. The number of cyclic esters (lactones) is 1. The molecule has 2 aliphatic heterocycles. The van der Waals surface area contributed by atoms with Gasteiger partial charge in [0.05, 0.1) is 17.6 Å². The molecule has 26 heavy (non-hydrogen) atoms. The van der Waals surface area contributed by atoms with Crippen molar-refractivity contribution in [3.05, 3.63) is 40.3 Å². The van der Waals surface area contributed by atoms with Crippen LogP contribution in [0.15, 0.2) is 29.1 Å². The summed E-state index contributed by atoms with van der Waals surface area (Å²) in [5.74, 6) is -0.364. The molecule has 1 N–H and O–H groups in total. The summed E-state index contributed by atoms with van der Waals surface area (Å²) in [5.41, 5.74) is 0.632. The zero-order valence-electron chi connectivity index (χ0n) is 14.3. The Hall–Kier alpha value is -2.90. The molecule has 1 aromatic heterocycles. The number of carbonyl (C=O) groups excluding carboxylic acids is 2. The van der Waals surface area contributed by atoms with E-state index >= 15 is 0 Å². The average molecular weight is 356 g/mol. The second kappa shape index (κ2) is 6.78. The summed E-state index contributed by atoms with van der Waals surface area (Å²) in [4.78, 5) is 47.2.